The molecule has 0 amide bonds. The SMILES string of the molecule is CC1Cc2ccccc2N1c1nc(NCCN(C)C)cc(-c2ccccc2)n1. The molecule has 5 heteroatoms. The number of hydrogen-bond donors (Lipinski definition) is 1. The van der Waals surface area contributed by atoms with Gasteiger partial charge in [-0.3, -0.25) is 0 Å². The Morgan fingerprint density at radius 1 is 1.04 bits per heavy atom. The van der Waals surface area contributed by atoms with Gasteiger partial charge in [0.05, 0.1) is 5.69 Å². The Kier molecular flexibility index (Phi) is 5.26. The molecule has 1 atom stereocenters. The Morgan fingerprint density at radius 2 is 1.79 bits per heavy atom. The predicted molar refractivity (Wildman–Crippen MR) is 116 cm³/mol. The molecule has 1 N–H and O–H groups in total. The van der Waals surface area contributed by atoms with E-state index in [1.54, 1.807) is 0 Å². The number of benzene rings is 2. The van der Waals surface area contributed by atoms with Crippen LogP contribution in [0.25, 0.3) is 11.3 Å². The summed E-state index contributed by atoms with van der Waals surface area (Å²) in [5.41, 5.74) is 4.60. The third kappa shape index (κ3) is 3.85. The van der Waals surface area contributed by atoms with Crippen LogP contribution in [0, 0.1) is 0 Å². The minimum atomic E-state index is 0.332. The fraction of sp³-hybridized carbons (Fsp3) is 0.304. The second-order valence-corrected chi connectivity index (χ2v) is 7.59. The van der Waals surface area contributed by atoms with Crippen LogP contribution in [-0.2, 0) is 6.42 Å². The van der Waals surface area contributed by atoms with Gasteiger partial charge in [0.2, 0.25) is 5.95 Å². The second kappa shape index (κ2) is 7.98. The molecule has 1 aromatic heterocycles. The number of rotatable bonds is 6. The highest BCUT2D eigenvalue weighted by Gasteiger charge is 2.29. The molecule has 2 aromatic carbocycles. The van der Waals surface area contributed by atoms with Gasteiger partial charge in [-0.2, -0.15) is 4.98 Å². The van der Waals surface area contributed by atoms with Crippen LogP contribution in [-0.4, -0.2) is 48.1 Å². The Labute approximate surface area is 167 Å². The van der Waals surface area contributed by atoms with Crippen LogP contribution < -0.4 is 10.2 Å². The quantitative estimate of drug-likeness (QED) is 0.702. The van der Waals surface area contributed by atoms with Crippen LogP contribution >= 0.6 is 0 Å². The molecule has 1 aliphatic heterocycles. The fourth-order valence-electron chi connectivity index (χ4n) is 3.67. The Hall–Kier alpha value is -2.92. The largest absolute Gasteiger partial charge is 0.369 e. The van der Waals surface area contributed by atoms with Crippen LogP contribution in [0.5, 0.6) is 0 Å². The fourth-order valence-corrected chi connectivity index (χ4v) is 3.67. The zero-order valence-electron chi connectivity index (χ0n) is 16.8. The van der Waals surface area contributed by atoms with Crippen molar-refractivity contribution in [1.29, 1.82) is 0 Å². The number of fused-ring (bicyclic) bond motifs is 1. The number of aromatic nitrogens is 2. The van der Waals surface area contributed by atoms with Gasteiger partial charge in [-0.25, -0.2) is 4.98 Å². The average Bonchev–Trinajstić information content (AvgIpc) is 3.04. The zero-order chi connectivity index (χ0) is 19.5. The van der Waals surface area contributed by atoms with Crippen LogP contribution in [0.4, 0.5) is 17.5 Å². The lowest BCUT2D eigenvalue weighted by atomic mass is 10.1. The van der Waals surface area contributed by atoms with Crippen LogP contribution in [0.3, 0.4) is 0 Å². The number of likely N-dealkylation sites (N-methyl/N-ethyl adjacent to an activating group) is 1. The minimum Gasteiger partial charge on any atom is -0.369 e. The summed E-state index contributed by atoms with van der Waals surface area (Å²) in [5.74, 6) is 1.62. The molecule has 3 aromatic rings. The first-order valence-corrected chi connectivity index (χ1v) is 9.82. The molecule has 2 heterocycles. The molecule has 144 valence electrons. The first kappa shape index (κ1) is 18.4. The maximum absolute atomic E-state index is 4.94. The van der Waals surface area contributed by atoms with Crippen molar-refractivity contribution in [2.75, 3.05) is 37.4 Å². The summed E-state index contributed by atoms with van der Waals surface area (Å²) < 4.78 is 0. The molecule has 0 bridgehead atoms. The second-order valence-electron chi connectivity index (χ2n) is 7.59. The predicted octanol–water partition coefficient (Wildman–Crippen LogP) is 4.20. The van der Waals surface area contributed by atoms with Crippen molar-refractivity contribution in [1.82, 2.24) is 14.9 Å². The summed E-state index contributed by atoms with van der Waals surface area (Å²) in [6, 6.07) is 21.2. The number of anilines is 3. The van der Waals surface area contributed by atoms with E-state index < -0.39 is 0 Å². The Morgan fingerprint density at radius 3 is 2.57 bits per heavy atom. The lowest BCUT2D eigenvalue weighted by Gasteiger charge is -2.24. The van der Waals surface area contributed by atoms with Crippen LogP contribution in [0.15, 0.2) is 60.7 Å². The van der Waals surface area contributed by atoms with Crippen molar-refractivity contribution >= 4 is 17.5 Å². The molecule has 4 rings (SSSR count). The lowest BCUT2D eigenvalue weighted by Crippen LogP contribution is -2.26. The van der Waals surface area contributed by atoms with Crippen molar-refractivity contribution in [3.8, 4) is 11.3 Å². The Balaban J connectivity index is 1.74. The average molecular weight is 374 g/mol. The van der Waals surface area contributed by atoms with E-state index in [1.807, 2.05) is 24.3 Å². The van der Waals surface area contributed by atoms with E-state index in [1.165, 1.54) is 11.3 Å². The van der Waals surface area contributed by atoms with Gasteiger partial charge in [0.25, 0.3) is 0 Å². The van der Waals surface area contributed by atoms with E-state index >= 15 is 0 Å². The molecule has 1 aliphatic rings. The molecule has 1 unspecified atom stereocenters. The van der Waals surface area contributed by atoms with Crippen molar-refractivity contribution in [3.63, 3.8) is 0 Å². The number of nitrogens with zero attached hydrogens (tertiary/aromatic N) is 4. The molecule has 0 aliphatic carbocycles. The van der Waals surface area contributed by atoms with Crippen molar-refractivity contribution in [2.45, 2.75) is 19.4 Å². The van der Waals surface area contributed by atoms with E-state index in [0.29, 0.717) is 6.04 Å². The van der Waals surface area contributed by atoms with Crippen LogP contribution in [0.1, 0.15) is 12.5 Å². The molecule has 0 fully saturated rings. The van der Waals surface area contributed by atoms with Gasteiger partial charge in [0.15, 0.2) is 0 Å². The van der Waals surface area contributed by atoms with Gasteiger partial charge in [-0.1, -0.05) is 48.5 Å². The van der Waals surface area contributed by atoms with Crippen molar-refractivity contribution in [3.05, 3.63) is 66.2 Å². The third-order valence-corrected chi connectivity index (χ3v) is 5.07. The molecular formula is C23H27N5. The summed E-state index contributed by atoms with van der Waals surface area (Å²) in [4.78, 5) is 14.2. The first-order chi connectivity index (χ1) is 13.6. The van der Waals surface area contributed by atoms with Crippen molar-refractivity contribution < 1.29 is 0 Å². The molecule has 0 spiro atoms. The number of hydrogen-bond acceptors (Lipinski definition) is 5. The van der Waals surface area contributed by atoms with Gasteiger partial charge in [-0.05, 0) is 39.1 Å². The van der Waals surface area contributed by atoms with Gasteiger partial charge in [0.1, 0.15) is 5.82 Å². The third-order valence-electron chi connectivity index (χ3n) is 5.07. The van der Waals surface area contributed by atoms with E-state index in [-0.39, 0.29) is 0 Å². The minimum absolute atomic E-state index is 0.332. The maximum atomic E-state index is 4.94. The smallest absolute Gasteiger partial charge is 0.232 e. The molecular weight excluding hydrogens is 346 g/mol. The summed E-state index contributed by atoms with van der Waals surface area (Å²) in [6.07, 6.45) is 1.01. The molecule has 0 saturated carbocycles. The van der Waals surface area contributed by atoms with Gasteiger partial charge < -0.3 is 15.1 Å². The standard InChI is InChI=1S/C23H27N5/c1-17-15-19-11-7-8-12-21(19)28(17)23-25-20(18-9-5-4-6-10-18)16-22(26-23)24-13-14-27(2)3/h4-12,16-17H,13-15H2,1-3H3,(H,24,25,26). The normalized spacial score (nSPS) is 15.7. The maximum Gasteiger partial charge on any atom is 0.232 e. The van der Waals surface area contributed by atoms with Crippen LogP contribution in [0.2, 0.25) is 0 Å². The number of nitrogens with one attached hydrogen (secondary N) is 1. The topological polar surface area (TPSA) is 44.3 Å². The monoisotopic (exact) mass is 373 g/mol. The summed E-state index contributed by atoms with van der Waals surface area (Å²) in [6.45, 7) is 4.02. The highest BCUT2D eigenvalue weighted by atomic mass is 15.3. The van der Waals surface area contributed by atoms with Gasteiger partial charge >= 0.3 is 0 Å². The molecule has 0 saturated heterocycles. The molecule has 0 radical (unpaired) electrons. The lowest BCUT2D eigenvalue weighted by molar-refractivity contribution is 0.425. The summed E-state index contributed by atoms with van der Waals surface area (Å²) in [7, 11) is 4.15. The van der Waals surface area contributed by atoms with E-state index in [4.69, 9.17) is 9.97 Å². The Bertz CT molecular complexity index is 939. The molecule has 5 nitrogen and oxygen atoms in total. The first-order valence-electron chi connectivity index (χ1n) is 9.82. The number of para-hydroxylation sites is 1. The van der Waals surface area contributed by atoms with E-state index in [9.17, 15) is 0 Å². The van der Waals surface area contributed by atoms with E-state index in [0.717, 1.165) is 42.5 Å². The van der Waals surface area contributed by atoms with Crippen molar-refractivity contribution in [2.24, 2.45) is 0 Å². The summed E-state index contributed by atoms with van der Waals surface area (Å²) in [5, 5.41) is 3.47. The highest BCUT2D eigenvalue weighted by molar-refractivity contribution is 5.71. The zero-order valence-corrected chi connectivity index (χ0v) is 16.8. The highest BCUT2D eigenvalue weighted by Crippen LogP contribution is 2.37. The van der Waals surface area contributed by atoms with E-state index in [2.05, 4.69) is 72.5 Å². The summed E-state index contributed by atoms with van der Waals surface area (Å²) >= 11 is 0. The van der Waals surface area contributed by atoms with Gasteiger partial charge in [-0.15, -0.1) is 0 Å². The molecule has 28 heavy (non-hydrogen) atoms. The van der Waals surface area contributed by atoms with Gasteiger partial charge in [0, 0.05) is 36.4 Å².